The van der Waals surface area contributed by atoms with Gasteiger partial charge in [0.05, 0.1) is 31.0 Å². The maximum atomic E-state index is 12.0. The summed E-state index contributed by atoms with van der Waals surface area (Å²) in [6, 6.07) is 6.05. The molecule has 10 atom stereocenters. The quantitative estimate of drug-likeness (QED) is 0.170. The lowest BCUT2D eigenvalue weighted by atomic mass is 9.81. The molecular weight excluding hydrogens is 496 g/mol. The summed E-state index contributed by atoms with van der Waals surface area (Å²) < 4.78 is 16.8. The number of aromatic amines is 2. The average molecular weight is 526 g/mol. The molecule has 0 bridgehead atoms. The highest BCUT2D eigenvalue weighted by Gasteiger charge is 2.50. The number of ether oxygens (including phenoxy) is 3. The van der Waals surface area contributed by atoms with Gasteiger partial charge < -0.3 is 54.9 Å². The normalized spacial score (nSPS) is 36.3. The molecule has 2 aliphatic heterocycles. The molecular formula is C23H30N2O12. The van der Waals surface area contributed by atoms with Gasteiger partial charge in [-0.3, -0.25) is 9.78 Å². The zero-order valence-corrected chi connectivity index (χ0v) is 19.5. The van der Waals surface area contributed by atoms with Crippen LogP contribution in [0.5, 0.6) is 5.75 Å². The molecule has 2 saturated heterocycles. The van der Waals surface area contributed by atoms with Gasteiger partial charge in [0, 0.05) is 12.1 Å². The SMILES string of the molecule is O=c1[nH]cc(-c2ccc(O[C@H]3O[C@H](CO)[C@@H](O)[C@H](C[C@H]4O[C@H](CO)[C@@H](O)[C@H](O)[C@@H]4O)[C@@H]3O)cc2)c(=O)[nH]1. The van der Waals surface area contributed by atoms with Crippen molar-refractivity contribution >= 4 is 0 Å². The molecule has 2 aliphatic rings. The van der Waals surface area contributed by atoms with Gasteiger partial charge in [0.2, 0.25) is 6.29 Å². The van der Waals surface area contributed by atoms with Crippen molar-refractivity contribution in [3.63, 3.8) is 0 Å². The lowest BCUT2D eigenvalue weighted by Gasteiger charge is -2.46. The Balaban J connectivity index is 1.50. The molecule has 3 heterocycles. The average Bonchev–Trinajstić information content (AvgIpc) is 2.88. The van der Waals surface area contributed by atoms with Crippen LogP contribution in [-0.2, 0) is 9.47 Å². The Morgan fingerprint density at radius 1 is 0.784 bits per heavy atom. The smallest absolute Gasteiger partial charge is 0.325 e. The summed E-state index contributed by atoms with van der Waals surface area (Å²) in [7, 11) is 0. The Bertz CT molecular complexity index is 1150. The van der Waals surface area contributed by atoms with E-state index < -0.39 is 85.5 Å². The number of aliphatic hydroxyl groups is 7. The van der Waals surface area contributed by atoms with E-state index in [0.717, 1.165) is 0 Å². The Kier molecular flexibility index (Phi) is 8.42. The van der Waals surface area contributed by atoms with E-state index in [9.17, 15) is 45.3 Å². The van der Waals surface area contributed by atoms with Crippen molar-refractivity contribution in [2.45, 2.75) is 61.5 Å². The van der Waals surface area contributed by atoms with Gasteiger partial charge in [-0.2, -0.15) is 0 Å². The summed E-state index contributed by atoms with van der Waals surface area (Å²) in [6.07, 6.45) is -11.5. The number of hydrogen-bond donors (Lipinski definition) is 9. The molecule has 2 fully saturated rings. The summed E-state index contributed by atoms with van der Waals surface area (Å²) >= 11 is 0. The molecule has 0 amide bonds. The highest BCUT2D eigenvalue weighted by molar-refractivity contribution is 5.62. The number of aliphatic hydroxyl groups excluding tert-OH is 7. The molecule has 0 aliphatic carbocycles. The molecule has 0 spiro atoms. The van der Waals surface area contributed by atoms with Crippen LogP contribution in [0, 0.1) is 5.92 Å². The Morgan fingerprint density at radius 2 is 1.41 bits per heavy atom. The van der Waals surface area contributed by atoms with Crippen LogP contribution in [0.4, 0.5) is 0 Å². The molecule has 2 aromatic rings. The second-order valence-electron chi connectivity index (χ2n) is 9.10. The minimum atomic E-state index is -1.63. The van der Waals surface area contributed by atoms with Crippen molar-refractivity contribution in [3.8, 4) is 16.9 Å². The number of hydrogen-bond acceptors (Lipinski definition) is 12. The fourth-order valence-corrected chi connectivity index (χ4v) is 4.65. The van der Waals surface area contributed by atoms with Crippen molar-refractivity contribution in [3.05, 3.63) is 51.3 Å². The van der Waals surface area contributed by atoms with E-state index in [1.54, 1.807) is 0 Å². The molecule has 4 rings (SSSR count). The summed E-state index contributed by atoms with van der Waals surface area (Å²) in [5.41, 5.74) is -0.544. The number of benzene rings is 1. The van der Waals surface area contributed by atoms with E-state index in [1.165, 1.54) is 30.5 Å². The van der Waals surface area contributed by atoms with E-state index in [-0.39, 0.29) is 17.7 Å². The van der Waals surface area contributed by atoms with Gasteiger partial charge in [-0.1, -0.05) is 12.1 Å². The van der Waals surface area contributed by atoms with Gasteiger partial charge >= 0.3 is 5.69 Å². The maximum absolute atomic E-state index is 12.0. The van der Waals surface area contributed by atoms with Crippen LogP contribution in [0.3, 0.4) is 0 Å². The topological polar surface area (TPSA) is 235 Å². The Morgan fingerprint density at radius 3 is 2.03 bits per heavy atom. The van der Waals surface area contributed by atoms with Crippen molar-refractivity contribution in [2.75, 3.05) is 13.2 Å². The second kappa shape index (κ2) is 11.4. The minimum absolute atomic E-state index is 0.211. The Labute approximate surface area is 209 Å². The third kappa shape index (κ3) is 5.62. The lowest BCUT2D eigenvalue weighted by molar-refractivity contribution is -0.278. The molecule has 1 aromatic heterocycles. The molecule has 14 heteroatoms. The van der Waals surface area contributed by atoms with Crippen LogP contribution in [0.1, 0.15) is 6.42 Å². The van der Waals surface area contributed by atoms with Crippen LogP contribution in [0.2, 0.25) is 0 Å². The van der Waals surface area contributed by atoms with Crippen LogP contribution in [0.25, 0.3) is 11.1 Å². The lowest BCUT2D eigenvalue weighted by Crippen LogP contribution is -2.62. The van der Waals surface area contributed by atoms with E-state index in [4.69, 9.17) is 14.2 Å². The molecule has 1 aromatic carbocycles. The van der Waals surface area contributed by atoms with Gasteiger partial charge in [-0.15, -0.1) is 0 Å². The molecule has 0 saturated carbocycles. The number of nitrogens with one attached hydrogen (secondary N) is 2. The standard InChI is InChI=1S/C23H30N2O12/c26-7-14-16(28)11(5-13-18(30)20(32)19(31)15(8-27)36-13)17(29)22(37-14)35-10-3-1-9(2-4-10)12-6-24-23(34)25-21(12)33/h1-4,6,11,13-20,22,26-32H,5,7-8H2,(H2,24,25,33,34)/t11-,13+,14+,15+,16-,17-,18+,19+,20+,22-/m0/s1. The monoisotopic (exact) mass is 526 g/mol. The van der Waals surface area contributed by atoms with Crippen molar-refractivity contribution in [1.29, 1.82) is 0 Å². The predicted molar refractivity (Wildman–Crippen MR) is 123 cm³/mol. The third-order valence-electron chi connectivity index (χ3n) is 6.76. The predicted octanol–water partition coefficient (Wildman–Crippen LogP) is -3.60. The fraction of sp³-hybridized carbons (Fsp3) is 0.565. The number of aromatic nitrogens is 2. The van der Waals surface area contributed by atoms with E-state index >= 15 is 0 Å². The molecule has 14 nitrogen and oxygen atoms in total. The fourth-order valence-electron chi connectivity index (χ4n) is 4.65. The van der Waals surface area contributed by atoms with E-state index in [1.807, 2.05) is 0 Å². The van der Waals surface area contributed by atoms with Gasteiger partial charge in [0.15, 0.2) is 0 Å². The first-order valence-electron chi connectivity index (χ1n) is 11.7. The largest absolute Gasteiger partial charge is 0.462 e. The second-order valence-corrected chi connectivity index (χ2v) is 9.10. The molecule has 0 radical (unpaired) electrons. The van der Waals surface area contributed by atoms with Crippen LogP contribution in [0.15, 0.2) is 40.1 Å². The Hall–Kier alpha value is -2.66. The van der Waals surface area contributed by atoms with E-state index in [2.05, 4.69) is 9.97 Å². The summed E-state index contributed by atoms with van der Waals surface area (Å²) in [5, 5.41) is 71.2. The van der Waals surface area contributed by atoms with Crippen LogP contribution < -0.4 is 16.0 Å². The molecule has 0 unspecified atom stereocenters. The van der Waals surface area contributed by atoms with Gasteiger partial charge in [-0.25, -0.2) is 4.79 Å². The van der Waals surface area contributed by atoms with Gasteiger partial charge in [0.25, 0.3) is 5.56 Å². The first-order chi connectivity index (χ1) is 17.6. The minimum Gasteiger partial charge on any atom is -0.462 e. The van der Waals surface area contributed by atoms with Crippen molar-refractivity contribution in [2.24, 2.45) is 5.92 Å². The highest BCUT2D eigenvalue weighted by atomic mass is 16.7. The third-order valence-corrected chi connectivity index (χ3v) is 6.76. The summed E-state index contributed by atoms with van der Waals surface area (Å²) in [6.45, 7) is -1.25. The van der Waals surface area contributed by atoms with Crippen molar-refractivity contribution in [1.82, 2.24) is 9.97 Å². The van der Waals surface area contributed by atoms with Gasteiger partial charge in [0.1, 0.15) is 42.4 Å². The number of rotatable bonds is 7. The summed E-state index contributed by atoms with van der Waals surface area (Å²) in [4.78, 5) is 27.7. The highest BCUT2D eigenvalue weighted by Crippen LogP contribution is 2.35. The first-order valence-corrected chi connectivity index (χ1v) is 11.7. The molecule has 9 N–H and O–H groups in total. The van der Waals surface area contributed by atoms with Crippen LogP contribution >= 0.6 is 0 Å². The zero-order chi connectivity index (χ0) is 26.9. The molecule has 37 heavy (non-hydrogen) atoms. The molecule has 204 valence electrons. The first kappa shape index (κ1) is 27.4. The number of H-pyrrole nitrogens is 2. The summed E-state index contributed by atoms with van der Waals surface area (Å²) in [5.74, 6) is -0.843. The van der Waals surface area contributed by atoms with E-state index in [0.29, 0.717) is 5.56 Å². The van der Waals surface area contributed by atoms with Gasteiger partial charge in [-0.05, 0) is 24.1 Å². The maximum Gasteiger partial charge on any atom is 0.325 e. The van der Waals surface area contributed by atoms with Crippen LogP contribution in [-0.4, -0.2) is 114 Å². The zero-order valence-electron chi connectivity index (χ0n) is 19.5. The van der Waals surface area contributed by atoms with Crippen molar-refractivity contribution < 1.29 is 50.0 Å².